The monoisotopic (exact) mass is 548 g/mol. The Hall–Kier alpha value is -4.38. The minimum atomic E-state index is -0.688. The molecule has 2 aromatic carbocycles. The number of nitrogens with one attached hydrogen (secondary N) is 1. The molecule has 1 N–H and O–H groups in total. The van der Waals surface area contributed by atoms with Crippen LogP contribution >= 0.6 is 11.3 Å². The molecule has 2 aromatic heterocycles. The maximum Gasteiger partial charge on any atom is 0.359 e. The van der Waals surface area contributed by atoms with Crippen LogP contribution in [0.3, 0.4) is 0 Å². The van der Waals surface area contributed by atoms with Crippen molar-refractivity contribution < 1.29 is 23.5 Å². The van der Waals surface area contributed by atoms with Gasteiger partial charge >= 0.3 is 5.97 Å². The molecule has 39 heavy (non-hydrogen) atoms. The van der Waals surface area contributed by atoms with Crippen LogP contribution in [0.5, 0.6) is 0 Å². The third-order valence-corrected chi connectivity index (χ3v) is 7.62. The van der Waals surface area contributed by atoms with Gasteiger partial charge in [-0.25, -0.2) is 9.18 Å². The van der Waals surface area contributed by atoms with Crippen molar-refractivity contribution in [3.8, 4) is 5.69 Å². The van der Waals surface area contributed by atoms with Crippen molar-refractivity contribution >= 4 is 50.6 Å². The SMILES string of the molecule is CCOC(=O)c1nn(-c2ccc(C)c(C)c2)c(=O)c2c(NC(=O)C3CC(=O)N(c4ccc(F)cc4)C3)scc12. The number of esters is 1. The van der Waals surface area contributed by atoms with E-state index in [0.717, 1.165) is 27.1 Å². The quantitative estimate of drug-likeness (QED) is 0.358. The molecule has 0 aliphatic carbocycles. The highest BCUT2D eigenvalue weighted by molar-refractivity contribution is 7.16. The van der Waals surface area contributed by atoms with E-state index in [0.29, 0.717) is 11.4 Å². The number of hydrogen-bond donors (Lipinski definition) is 1. The van der Waals surface area contributed by atoms with E-state index in [1.165, 1.54) is 29.2 Å². The second-order valence-corrected chi connectivity index (χ2v) is 10.2. The van der Waals surface area contributed by atoms with Crippen molar-refractivity contribution in [2.75, 3.05) is 23.4 Å². The van der Waals surface area contributed by atoms with Crippen LogP contribution in [-0.4, -0.2) is 40.7 Å². The number of rotatable bonds is 6. The molecular formula is C28H25FN4O5S. The minimum Gasteiger partial charge on any atom is -0.461 e. The lowest BCUT2D eigenvalue weighted by Gasteiger charge is -2.16. The summed E-state index contributed by atoms with van der Waals surface area (Å²) in [6.07, 6.45) is -0.0327. The van der Waals surface area contributed by atoms with E-state index in [4.69, 9.17) is 4.74 Å². The first-order chi connectivity index (χ1) is 18.7. The predicted molar refractivity (Wildman–Crippen MR) is 146 cm³/mol. The Bertz CT molecular complexity index is 1680. The highest BCUT2D eigenvalue weighted by Crippen LogP contribution is 2.32. The summed E-state index contributed by atoms with van der Waals surface area (Å²) >= 11 is 1.09. The van der Waals surface area contributed by atoms with Gasteiger partial charge in [0.1, 0.15) is 10.8 Å². The highest BCUT2D eigenvalue weighted by atomic mass is 32.1. The Morgan fingerprint density at radius 3 is 2.51 bits per heavy atom. The maximum absolute atomic E-state index is 13.7. The number of aromatic nitrogens is 2. The van der Waals surface area contributed by atoms with Gasteiger partial charge in [0.2, 0.25) is 11.8 Å². The number of amides is 2. The zero-order valence-electron chi connectivity index (χ0n) is 21.5. The van der Waals surface area contributed by atoms with E-state index in [-0.39, 0.29) is 46.9 Å². The van der Waals surface area contributed by atoms with Gasteiger partial charge in [0.25, 0.3) is 5.56 Å². The van der Waals surface area contributed by atoms with Gasteiger partial charge in [0, 0.05) is 29.4 Å². The van der Waals surface area contributed by atoms with Gasteiger partial charge in [-0.1, -0.05) is 6.07 Å². The predicted octanol–water partition coefficient (Wildman–Crippen LogP) is 4.37. The number of carbonyl (C=O) groups is 3. The third-order valence-electron chi connectivity index (χ3n) is 6.73. The molecule has 1 atom stereocenters. The van der Waals surface area contributed by atoms with Crippen molar-refractivity contribution in [2.45, 2.75) is 27.2 Å². The number of hydrogen-bond acceptors (Lipinski definition) is 7. The van der Waals surface area contributed by atoms with E-state index in [1.54, 1.807) is 24.4 Å². The zero-order valence-corrected chi connectivity index (χ0v) is 22.3. The summed E-state index contributed by atoms with van der Waals surface area (Å²) in [5.41, 5.74) is 2.39. The van der Waals surface area contributed by atoms with Crippen LogP contribution in [0.2, 0.25) is 0 Å². The summed E-state index contributed by atoms with van der Waals surface area (Å²) in [5, 5.41) is 9.36. The number of anilines is 2. The van der Waals surface area contributed by atoms with E-state index in [1.807, 2.05) is 19.9 Å². The number of nitrogens with zero attached hydrogens (tertiary/aromatic N) is 3. The molecule has 0 spiro atoms. The maximum atomic E-state index is 13.7. The molecule has 11 heteroatoms. The summed E-state index contributed by atoms with van der Waals surface area (Å²) in [6.45, 7) is 5.76. The Balaban J connectivity index is 1.51. The standard InChI is InChI=1S/C28H25FN4O5S/c1-4-38-28(37)24-21-14-39-26(23(21)27(36)33(31-24)20-8-5-15(2)16(3)11-20)30-25(35)17-12-22(34)32(13-17)19-9-6-18(29)7-10-19/h5-11,14,17H,4,12-13H2,1-3H3,(H,30,35). The van der Waals surface area contributed by atoms with Gasteiger partial charge in [-0.2, -0.15) is 9.78 Å². The number of thiophene rings is 1. The lowest BCUT2D eigenvalue weighted by molar-refractivity contribution is -0.122. The lowest BCUT2D eigenvalue weighted by Crippen LogP contribution is -2.29. The van der Waals surface area contributed by atoms with Gasteiger partial charge in [-0.15, -0.1) is 11.3 Å². The Morgan fingerprint density at radius 1 is 1.10 bits per heavy atom. The normalized spacial score (nSPS) is 15.1. The smallest absolute Gasteiger partial charge is 0.359 e. The first kappa shape index (κ1) is 26.2. The van der Waals surface area contributed by atoms with Crippen LogP contribution in [0.4, 0.5) is 15.1 Å². The van der Waals surface area contributed by atoms with E-state index in [2.05, 4.69) is 10.4 Å². The summed E-state index contributed by atoms with van der Waals surface area (Å²) in [6, 6.07) is 10.9. The molecule has 3 heterocycles. The summed E-state index contributed by atoms with van der Waals surface area (Å²) in [7, 11) is 0. The van der Waals surface area contributed by atoms with E-state index in [9.17, 15) is 23.6 Å². The average molecular weight is 549 g/mol. The summed E-state index contributed by atoms with van der Waals surface area (Å²) < 4.78 is 19.6. The molecule has 0 bridgehead atoms. The fourth-order valence-electron chi connectivity index (χ4n) is 4.49. The highest BCUT2D eigenvalue weighted by Gasteiger charge is 2.36. The first-order valence-corrected chi connectivity index (χ1v) is 13.2. The van der Waals surface area contributed by atoms with Crippen molar-refractivity contribution in [3.63, 3.8) is 0 Å². The fourth-order valence-corrected chi connectivity index (χ4v) is 5.43. The minimum absolute atomic E-state index is 0.0327. The molecule has 1 unspecified atom stereocenters. The lowest BCUT2D eigenvalue weighted by atomic mass is 10.1. The molecule has 9 nitrogen and oxygen atoms in total. The molecule has 1 fully saturated rings. The van der Waals surface area contributed by atoms with Crippen molar-refractivity contribution in [1.29, 1.82) is 0 Å². The second kappa shape index (κ2) is 10.4. The van der Waals surface area contributed by atoms with Crippen LogP contribution in [0.25, 0.3) is 16.5 Å². The Labute approximate surface area is 226 Å². The Morgan fingerprint density at radius 2 is 1.82 bits per heavy atom. The zero-order chi connectivity index (χ0) is 27.8. The molecular weight excluding hydrogens is 523 g/mol. The van der Waals surface area contributed by atoms with Crippen molar-refractivity contribution in [1.82, 2.24) is 9.78 Å². The van der Waals surface area contributed by atoms with Crippen LogP contribution in [0, 0.1) is 25.6 Å². The van der Waals surface area contributed by atoms with Crippen LogP contribution in [-0.2, 0) is 14.3 Å². The van der Waals surface area contributed by atoms with Gasteiger partial charge < -0.3 is 15.0 Å². The molecule has 0 radical (unpaired) electrons. The Kier molecular flexibility index (Phi) is 7.00. The fraction of sp³-hybridized carbons (Fsp3) is 0.250. The molecule has 1 aliphatic heterocycles. The molecule has 1 saturated heterocycles. The molecule has 2 amide bonds. The molecule has 200 valence electrons. The average Bonchev–Trinajstić information content (AvgIpc) is 3.51. The van der Waals surface area contributed by atoms with Gasteiger partial charge in [-0.05, 0) is 68.3 Å². The first-order valence-electron chi connectivity index (χ1n) is 12.3. The van der Waals surface area contributed by atoms with Crippen LogP contribution < -0.4 is 15.8 Å². The largest absolute Gasteiger partial charge is 0.461 e. The third kappa shape index (κ3) is 4.92. The van der Waals surface area contributed by atoms with E-state index < -0.39 is 29.2 Å². The number of ether oxygens (including phenoxy) is 1. The number of benzene rings is 2. The number of fused-ring (bicyclic) bond motifs is 1. The second-order valence-electron chi connectivity index (χ2n) is 9.28. The number of halogens is 1. The van der Waals surface area contributed by atoms with Crippen LogP contribution in [0.1, 0.15) is 35.0 Å². The van der Waals surface area contributed by atoms with Gasteiger partial charge in [-0.3, -0.25) is 14.4 Å². The van der Waals surface area contributed by atoms with Crippen molar-refractivity contribution in [2.24, 2.45) is 5.92 Å². The molecule has 5 rings (SSSR count). The van der Waals surface area contributed by atoms with Crippen molar-refractivity contribution in [3.05, 3.63) is 80.8 Å². The van der Waals surface area contributed by atoms with E-state index >= 15 is 0 Å². The number of aryl methyl sites for hydroxylation is 2. The number of carbonyl (C=O) groups excluding carboxylic acids is 3. The summed E-state index contributed by atoms with van der Waals surface area (Å²) in [5.74, 6) is -2.50. The topological polar surface area (TPSA) is 111 Å². The molecule has 0 saturated carbocycles. The van der Waals surface area contributed by atoms with Crippen LogP contribution in [0.15, 0.2) is 52.6 Å². The molecule has 4 aromatic rings. The van der Waals surface area contributed by atoms with Gasteiger partial charge in [0.05, 0.1) is 23.6 Å². The molecule has 1 aliphatic rings. The van der Waals surface area contributed by atoms with Gasteiger partial charge in [0.15, 0.2) is 5.69 Å². The summed E-state index contributed by atoms with van der Waals surface area (Å²) in [4.78, 5) is 53.8.